The van der Waals surface area contributed by atoms with Gasteiger partial charge in [-0.1, -0.05) is 35.9 Å². The van der Waals surface area contributed by atoms with Crippen molar-refractivity contribution in [2.24, 2.45) is 0 Å². The minimum Gasteiger partial charge on any atom is -0.467 e. The molecule has 0 radical (unpaired) electrons. The molecule has 1 unspecified atom stereocenters. The van der Waals surface area contributed by atoms with E-state index in [-0.39, 0.29) is 17.8 Å². The van der Waals surface area contributed by atoms with Gasteiger partial charge in [-0.2, -0.15) is 0 Å². The van der Waals surface area contributed by atoms with Crippen molar-refractivity contribution in [2.45, 2.75) is 12.5 Å². The minimum atomic E-state index is -0.864. The summed E-state index contributed by atoms with van der Waals surface area (Å²) in [6.45, 7) is 0. The number of halogens is 2. The number of aromatic nitrogens is 1. The monoisotopic (exact) mass is 412 g/mol. The van der Waals surface area contributed by atoms with E-state index in [1.54, 1.807) is 48.5 Å². The maximum Gasteiger partial charge on any atom is 0.328 e. The number of hydrogen-bond donors (Lipinski definition) is 1. The number of nitrogens with zero attached hydrogens (tertiary/aromatic N) is 1. The van der Waals surface area contributed by atoms with Crippen molar-refractivity contribution < 1.29 is 18.7 Å². The molecule has 0 aliphatic heterocycles. The largest absolute Gasteiger partial charge is 0.467 e. The second kappa shape index (κ2) is 9.30. The lowest BCUT2D eigenvalue weighted by Gasteiger charge is -2.17. The fourth-order valence-corrected chi connectivity index (χ4v) is 2.91. The van der Waals surface area contributed by atoms with E-state index in [0.717, 1.165) is 5.56 Å². The Morgan fingerprint density at radius 3 is 2.52 bits per heavy atom. The molecule has 1 aromatic heterocycles. The summed E-state index contributed by atoms with van der Waals surface area (Å²) in [4.78, 5) is 28.9. The van der Waals surface area contributed by atoms with Gasteiger partial charge in [0.2, 0.25) is 0 Å². The normalized spacial score (nSPS) is 11.6. The van der Waals surface area contributed by atoms with E-state index >= 15 is 0 Å². The first-order chi connectivity index (χ1) is 14.0. The van der Waals surface area contributed by atoms with Gasteiger partial charge in [0, 0.05) is 23.2 Å². The van der Waals surface area contributed by atoms with Crippen molar-refractivity contribution >= 4 is 23.5 Å². The van der Waals surface area contributed by atoms with E-state index in [4.69, 9.17) is 16.3 Å². The highest BCUT2D eigenvalue weighted by molar-refractivity contribution is 6.30. The molecule has 1 amide bonds. The maximum absolute atomic E-state index is 13.4. The van der Waals surface area contributed by atoms with Crippen molar-refractivity contribution in [3.8, 4) is 11.3 Å². The van der Waals surface area contributed by atoms with Gasteiger partial charge in [-0.3, -0.25) is 9.78 Å². The van der Waals surface area contributed by atoms with Gasteiger partial charge in [-0.25, -0.2) is 9.18 Å². The van der Waals surface area contributed by atoms with Gasteiger partial charge in [0.15, 0.2) is 0 Å². The van der Waals surface area contributed by atoms with Gasteiger partial charge in [0.1, 0.15) is 11.9 Å². The summed E-state index contributed by atoms with van der Waals surface area (Å²) in [6.07, 6.45) is 1.64. The fourth-order valence-electron chi connectivity index (χ4n) is 2.78. The average molecular weight is 413 g/mol. The Balaban J connectivity index is 1.73. The molecule has 1 N–H and O–H groups in total. The standard InChI is InChI=1S/C22H18ClFN2O3/c1-29-22(28)20(11-14-5-8-17(23)9-6-14)26-21(27)16-7-10-19(25-13-16)15-3-2-4-18(24)12-15/h2-10,12-13,20H,11H2,1H3,(H,26,27). The van der Waals surface area contributed by atoms with Crippen LogP contribution in [0.15, 0.2) is 66.9 Å². The van der Waals surface area contributed by atoms with Crippen LogP contribution in [0.4, 0.5) is 4.39 Å². The first kappa shape index (κ1) is 20.5. The Labute approximate surface area is 172 Å². The van der Waals surface area contributed by atoms with Crippen LogP contribution in [-0.4, -0.2) is 30.0 Å². The second-order valence-corrected chi connectivity index (χ2v) is 6.76. The van der Waals surface area contributed by atoms with Gasteiger partial charge >= 0.3 is 5.97 Å². The molecular weight excluding hydrogens is 395 g/mol. The Morgan fingerprint density at radius 1 is 1.14 bits per heavy atom. The van der Waals surface area contributed by atoms with E-state index < -0.39 is 17.9 Å². The summed E-state index contributed by atoms with van der Waals surface area (Å²) in [5.74, 6) is -1.39. The van der Waals surface area contributed by atoms with Crippen LogP contribution in [0.3, 0.4) is 0 Å². The van der Waals surface area contributed by atoms with Crippen molar-refractivity contribution in [1.82, 2.24) is 10.3 Å². The van der Waals surface area contributed by atoms with Crippen LogP contribution in [0.1, 0.15) is 15.9 Å². The Kier molecular flexibility index (Phi) is 6.57. The zero-order valence-electron chi connectivity index (χ0n) is 15.6. The lowest BCUT2D eigenvalue weighted by molar-refractivity contribution is -0.142. The van der Waals surface area contributed by atoms with E-state index in [9.17, 15) is 14.0 Å². The Hall–Kier alpha value is -3.25. The minimum absolute atomic E-state index is 0.254. The van der Waals surface area contributed by atoms with Crippen LogP contribution in [0.25, 0.3) is 11.3 Å². The molecule has 7 heteroatoms. The number of carbonyl (C=O) groups excluding carboxylic acids is 2. The highest BCUT2D eigenvalue weighted by Gasteiger charge is 2.23. The van der Waals surface area contributed by atoms with Gasteiger partial charge in [0.25, 0.3) is 5.91 Å². The van der Waals surface area contributed by atoms with Crippen LogP contribution in [-0.2, 0) is 16.0 Å². The van der Waals surface area contributed by atoms with Crippen molar-refractivity contribution in [3.63, 3.8) is 0 Å². The number of rotatable bonds is 6. The van der Waals surface area contributed by atoms with Crippen LogP contribution in [0, 0.1) is 5.82 Å². The average Bonchev–Trinajstić information content (AvgIpc) is 2.74. The molecular formula is C22H18ClFN2O3. The SMILES string of the molecule is COC(=O)C(Cc1ccc(Cl)cc1)NC(=O)c1ccc(-c2cccc(F)c2)nc1. The molecule has 2 aromatic carbocycles. The summed E-state index contributed by atoms with van der Waals surface area (Å²) in [5, 5.41) is 3.25. The predicted molar refractivity (Wildman–Crippen MR) is 108 cm³/mol. The lowest BCUT2D eigenvalue weighted by atomic mass is 10.1. The van der Waals surface area contributed by atoms with Crippen LogP contribution in [0.2, 0.25) is 5.02 Å². The number of hydrogen-bond acceptors (Lipinski definition) is 4. The molecule has 0 saturated carbocycles. The summed E-state index contributed by atoms with van der Waals surface area (Å²) in [7, 11) is 1.26. The number of nitrogens with one attached hydrogen (secondary N) is 1. The summed E-state index contributed by atoms with van der Waals surface area (Å²) in [5.41, 5.74) is 2.23. The lowest BCUT2D eigenvalue weighted by Crippen LogP contribution is -2.43. The molecule has 148 valence electrons. The number of esters is 1. The summed E-state index contributed by atoms with van der Waals surface area (Å²) < 4.78 is 18.2. The second-order valence-electron chi connectivity index (χ2n) is 6.32. The van der Waals surface area contributed by atoms with Gasteiger partial charge in [-0.05, 0) is 42.0 Å². The van der Waals surface area contributed by atoms with Gasteiger partial charge in [-0.15, -0.1) is 0 Å². The third kappa shape index (κ3) is 5.39. The highest BCUT2D eigenvalue weighted by Crippen LogP contribution is 2.18. The zero-order chi connectivity index (χ0) is 20.8. The highest BCUT2D eigenvalue weighted by atomic mass is 35.5. The van der Waals surface area contributed by atoms with Crippen molar-refractivity contribution in [1.29, 1.82) is 0 Å². The molecule has 1 atom stereocenters. The first-order valence-electron chi connectivity index (χ1n) is 8.81. The van der Waals surface area contributed by atoms with Crippen LogP contribution >= 0.6 is 11.6 Å². The molecule has 0 aliphatic rings. The van der Waals surface area contributed by atoms with Gasteiger partial charge in [0.05, 0.1) is 18.4 Å². The van der Waals surface area contributed by atoms with E-state index in [1.165, 1.54) is 25.4 Å². The molecule has 1 heterocycles. The van der Waals surface area contributed by atoms with E-state index in [0.29, 0.717) is 16.3 Å². The fraction of sp³-hybridized carbons (Fsp3) is 0.136. The maximum atomic E-state index is 13.4. The van der Waals surface area contributed by atoms with Crippen LogP contribution in [0.5, 0.6) is 0 Å². The number of carbonyl (C=O) groups is 2. The smallest absolute Gasteiger partial charge is 0.328 e. The molecule has 0 saturated heterocycles. The van der Waals surface area contributed by atoms with Crippen molar-refractivity contribution in [3.05, 3.63) is 88.8 Å². The van der Waals surface area contributed by atoms with Gasteiger partial charge < -0.3 is 10.1 Å². The molecule has 0 spiro atoms. The third-order valence-electron chi connectivity index (χ3n) is 4.29. The molecule has 3 rings (SSSR count). The number of benzene rings is 2. The quantitative estimate of drug-likeness (QED) is 0.620. The summed E-state index contributed by atoms with van der Waals surface area (Å²) in [6, 6.07) is 15.3. The van der Waals surface area contributed by atoms with E-state index in [2.05, 4.69) is 10.3 Å². The molecule has 0 bridgehead atoms. The Morgan fingerprint density at radius 2 is 1.90 bits per heavy atom. The van der Waals surface area contributed by atoms with Crippen LogP contribution < -0.4 is 5.32 Å². The zero-order valence-corrected chi connectivity index (χ0v) is 16.3. The third-order valence-corrected chi connectivity index (χ3v) is 4.54. The molecule has 5 nitrogen and oxygen atoms in total. The number of pyridine rings is 1. The number of methoxy groups -OCH3 is 1. The van der Waals surface area contributed by atoms with Crippen molar-refractivity contribution in [2.75, 3.05) is 7.11 Å². The Bertz CT molecular complexity index is 1010. The molecule has 29 heavy (non-hydrogen) atoms. The number of amides is 1. The first-order valence-corrected chi connectivity index (χ1v) is 9.19. The molecule has 0 aliphatic carbocycles. The summed E-state index contributed by atoms with van der Waals surface area (Å²) >= 11 is 5.88. The number of ether oxygens (including phenoxy) is 1. The van der Waals surface area contributed by atoms with E-state index in [1.807, 2.05) is 0 Å². The predicted octanol–water partition coefficient (Wildman–Crippen LogP) is 4.06. The topological polar surface area (TPSA) is 68.3 Å². The molecule has 0 fully saturated rings. The molecule has 3 aromatic rings.